The smallest absolute Gasteiger partial charge is 0.319 e. The Labute approximate surface area is 168 Å². The molecule has 2 aromatic rings. The van der Waals surface area contributed by atoms with Crippen molar-refractivity contribution in [1.29, 1.82) is 0 Å². The molecular weight excluding hydrogens is 382 g/mol. The number of halogens is 1. The molecule has 3 amide bonds. The zero-order chi connectivity index (χ0) is 20.3. The minimum absolute atomic E-state index is 0.0381. The number of hydrogen-bond acceptors (Lipinski definition) is 4. The predicted octanol–water partition coefficient (Wildman–Crippen LogP) is 3.59. The number of nitrogens with one attached hydrogen (secondary N) is 2. The van der Waals surface area contributed by atoms with Gasteiger partial charge in [-0.1, -0.05) is 23.7 Å². The van der Waals surface area contributed by atoms with Gasteiger partial charge in [-0.25, -0.2) is 4.79 Å². The van der Waals surface area contributed by atoms with Gasteiger partial charge in [-0.05, 0) is 29.7 Å². The number of ether oxygens (including phenoxy) is 2. The average Bonchev–Trinajstić information content (AvgIpc) is 3.10. The topological polar surface area (TPSA) is 79.9 Å². The van der Waals surface area contributed by atoms with E-state index in [1.165, 1.54) is 14.2 Å². The van der Waals surface area contributed by atoms with Gasteiger partial charge in [-0.2, -0.15) is 0 Å². The third-order valence-electron chi connectivity index (χ3n) is 4.59. The Bertz CT molecular complexity index is 917. The molecule has 148 valence electrons. The molecule has 0 aliphatic carbocycles. The molecule has 0 spiro atoms. The summed E-state index contributed by atoms with van der Waals surface area (Å²) in [5.41, 5.74) is 3.45. The lowest BCUT2D eigenvalue weighted by atomic mass is 10.1. The molecule has 0 bridgehead atoms. The number of rotatable bonds is 5. The molecule has 0 radical (unpaired) electrons. The fourth-order valence-electron chi connectivity index (χ4n) is 3.20. The van der Waals surface area contributed by atoms with Gasteiger partial charge in [0.05, 0.1) is 24.9 Å². The summed E-state index contributed by atoms with van der Waals surface area (Å²) in [6.07, 6.45) is 0.816. The van der Waals surface area contributed by atoms with Crippen LogP contribution in [-0.2, 0) is 17.8 Å². The summed E-state index contributed by atoms with van der Waals surface area (Å²) in [5, 5.41) is 5.91. The molecule has 8 heteroatoms. The molecule has 0 saturated heterocycles. The number of amides is 3. The number of carbonyl (C=O) groups excluding carboxylic acids is 2. The minimum Gasteiger partial charge on any atom is -0.495 e. The van der Waals surface area contributed by atoms with E-state index >= 15 is 0 Å². The summed E-state index contributed by atoms with van der Waals surface area (Å²) in [7, 11) is 3.01. The van der Waals surface area contributed by atoms with E-state index in [0.29, 0.717) is 35.3 Å². The van der Waals surface area contributed by atoms with Gasteiger partial charge in [-0.15, -0.1) is 0 Å². The highest BCUT2D eigenvalue weighted by molar-refractivity contribution is 6.32. The van der Waals surface area contributed by atoms with Crippen LogP contribution in [0.1, 0.15) is 18.1 Å². The van der Waals surface area contributed by atoms with Crippen molar-refractivity contribution < 1.29 is 19.1 Å². The van der Waals surface area contributed by atoms with Gasteiger partial charge in [0.15, 0.2) is 0 Å². The fraction of sp³-hybridized carbons (Fsp3) is 0.300. The van der Waals surface area contributed by atoms with Crippen molar-refractivity contribution in [2.45, 2.75) is 19.9 Å². The summed E-state index contributed by atoms with van der Waals surface area (Å²) in [5.74, 6) is 0.941. The summed E-state index contributed by atoms with van der Waals surface area (Å²) >= 11 is 6.12. The normalized spacial score (nSPS) is 12.4. The molecule has 28 heavy (non-hydrogen) atoms. The third kappa shape index (κ3) is 4.14. The maximum Gasteiger partial charge on any atom is 0.319 e. The monoisotopic (exact) mass is 403 g/mol. The number of nitrogens with zero attached hydrogens (tertiary/aromatic N) is 1. The molecule has 1 aliphatic heterocycles. The molecular formula is C20H22ClN3O4. The van der Waals surface area contributed by atoms with Crippen LogP contribution in [0.4, 0.5) is 16.2 Å². The van der Waals surface area contributed by atoms with E-state index in [4.69, 9.17) is 21.1 Å². The first-order valence-electron chi connectivity index (χ1n) is 8.79. The zero-order valence-electron chi connectivity index (χ0n) is 16.0. The van der Waals surface area contributed by atoms with Gasteiger partial charge in [0.2, 0.25) is 5.91 Å². The highest BCUT2D eigenvalue weighted by Gasteiger charge is 2.22. The van der Waals surface area contributed by atoms with Gasteiger partial charge in [0.1, 0.15) is 11.5 Å². The first kappa shape index (κ1) is 19.8. The van der Waals surface area contributed by atoms with E-state index < -0.39 is 0 Å². The maximum atomic E-state index is 12.3. The number of urea groups is 1. The van der Waals surface area contributed by atoms with Crippen LogP contribution in [0.3, 0.4) is 0 Å². The van der Waals surface area contributed by atoms with Crippen molar-refractivity contribution in [2.75, 3.05) is 31.0 Å². The van der Waals surface area contributed by atoms with Gasteiger partial charge >= 0.3 is 6.03 Å². The largest absolute Gasteiger partial charge is 0.495 e. The van der Waals surface area contributed by atoms with Crippen molar-refractivity contribution in [3.63, 3.8) is 0 Å². The van der Waals surface area contributed by atoms with E-state index in [1.54, 1.807) is 24.0 Å². The number of carbonyl (C=O) groups is 2. The summed E-state index contributed by atoms with van der Waals surface area (Å²) in [6.45, 7) is 2.61. The second-order valence-corrected chi connectivity index (χ2v) is 6.79. The minimum atomic E-state index is -0.384. The molecule has 1 aliphatic rings. The Hall–Kier alpha value is -2.93. The quantitative estimate of drug-likeness (QED) is 0.799. The van der Waals surface area contributed by atoms with Crippen molar-refractivity contribution in [1.82, 2.24) is 5.32 Å². The Morgan fingerprint density at radius 3 is 2.57 bits per heavy atom. The lowest BCUT2D eigenvalue weighted by Gasteiger charge is -2.15. The average molecular weight is 404 g/mol. The van der Waals surface area contributed by atoms with Crippen LogP contribution in [0, 0.1) is 0 Å². The molecule has 3 rings (SSSR count). The van der Waals surface area contributed by atoms with Crippen LogP contribution in [0.15, 0.2) is 30.3 Å². The number of fused-ring (bicyclic) bond motifs is 1. The van der Waals surface area contributed by atoms with Crippen LogP contribution >= 0.6 is 11.6 Å². The summed E-state index contributed by atoms with van der Waals surface area (Å²) in [4.78, 5) is 25.7. The Morgan fingerprint density at radius 2 is 1.89 bits per heavy atom. The number of hydrogen-bond donors (Lipinski definition) is 2. The third-order valence-corrected chi connectivity index (χ3v) is 4.89. The van der Waals surface area contributed by atoms with Gasteiger partial charge < -0.3 is 25.0 Å². The second kappa shape index (κ2) is 8.39. The standard InChI is InChI=1S/C20H22ClN3O4/c1-12(25)24-7-6-14-8-13(4-5-17(14)24)11-22-20(26)23-16-9-15(21)18(27-2)10-19(16)28-3/h4-5,8-10H,6-7,11H2,1-3H3,(H2,22,23,26). The first-order chi connectivity index (χ1) is 13.4. The zero-order valence-corrected chi connectivity index (χ0v) is 16.7. The molecule has 0 atom stereocenters. The fourth-order valence-corrected chi connectivity index (χ4v) is 3.44. The summed E-state index contributed by atoms with van der Waals surface area (Å²) < 4.78 is 10.4. The number of anilines is 2. The van der Waals surface area contributed by atoms with Crippen molar-refractivity contribution in [3.05, 3.63) is 46.5 Å². The molecule has 2 aromatic carbocycles. The van der Waals surface area contributed by atoms with E-state index in [2.05, 4.69) is 10.6 Å². The maximum absolute atomic E-state index is 12.3. The van der Waals surface area contributed by atoms with Crippen LogP contribution in [0.5, 0.6) is 11.5 Å². The molecule has 0 aromatic heterocycles. The second-order valence-electron chi connectivity index (χ2n) is 6.38. The van der Waals surface area contributed by atoms with Crippen LogP contribution in [-0.4, -0.2) is 32.7 Å². The molecule has 1 heterocycles. The molecule has 2 N–H and O–H groups in total. The number of benzene rings is 2. The highest BCUT2D eigenvalue weighted by atomic mass is 35.5. The molecule has 0 fully saturated rings. The van der Waals surface area contributed by atoms with Crippen LogP contribution in [0.25, 0.3) is 0 Å². The van der Waals surface area contributed by atoms with Gasteiger partial charge in [0, 0.05) is 31.8 Å². The van der Waals surface area contributed by atoms with Crippen LogP contribution in [0.2, 0.25) is 5.02 Å². The predicted molar refractivity (Wildman–Crippen MR) is 109 cm³/mol. The highest BCUT2D eigenvalue weighted by Crippen LogP contribution is 2.35. The van der Waals surface area contributed by atoms with E-state index in [-0.39, 0.29) is 11.9 Å². The molecule has 7 nitrogen and oxygen atoms in total. The lowest BCUT2D eigenvalue weighted by molar-refractivity contribution is -0.116. The molecule has 0 saturated carbocycles. The first-order valence-corrected chi connectivity index (χ1v) is 9.17. The molecule has 0 unspecified atom stereocenters. The van der Waals surface area contributed by atoms with E-state index in [1.807, 2.05) is 18.2 Å². The van der Waals surface area contributed by atoms with Crippen molar-refractivity contribution in [3.8, 4) is 11.5 Å². The number of methoxy groups -OCH3 is 2. The Morgan fingerprint density at radius 1 is 1.14 bits per heavy atom. The van der Waals surface area contributed by atoms with Crippen LogP contribution < -0.4 is 25.0 Å². The van der Waals surface area contributed by atoms with E-state index in [0.717, 1.165) is 23.2 Å². The van der Waals surface area contributed by atoms with Crippen molar-refractivity contribution in [2.24, 2.45) is 0 Å². The Kier molecular flexibility index (Phi) is 5.94. The lowest BCUT2D eigenvalue weighted by Crippen LogP contribution is -2.28. The summed E-state index contributed by atoms with van der Waals surface area (Å²) in [6, 6.07) is 8.65. The SMILES string of the molecule is COc1cc(OC)c(NC(=O)NCc2ccc3c(c2)CCN3C(C)=O)cc1Cl. The van der Waals surface area contributed by atoms with Gasteiger partial charge in [-0.3, -0.25) is 4.79 Å². The van der Waals surface area contributed by atoms with Gasteiger partial charge in [0.25, 0.3) is 0 Å². The van der Waals surface area contributed by atoms with E-state index in [9.17, 15) is 9.59 Å². The van der Waals surface area contributed by atoms with Crippen molar-refractivity contribution >= 4 is 34.9 Å². The Balaban J connectivity index is 1.64.